The number of aryl methyl sites for hydroxylation is 1. The topological polar surface area (TPSA) is 59.3 Å². The average molecular weight is 261 g/mol. The van der Waals surface area contributed by atoms with Gasteiger partial charge in [-0.1, -0.05) is 12.1 Å². The maximum absolute atomic E-state index is 11.5. The molecule has 0 heterocycles. The summed E-state index contributed by atoms with van der Waals surface area (Å²) in [5.41, 5.74) is 0.512. The Morgan fingerprint density at radius 1 is 1.37 bits per heavy atom. The molecule has 0 saturated carbocycles. The maximum atomic E-state index is 11.5. The molecule has 0 aliphatic carbocycles. The van der Waals surface area contributed by atoms with E-state index in [1.165, 1.54) is 0 Å². The van der Waals surface area contributed by atoms with Crippen molar-refractivity contribution in [3.8, 4) is 11.8 Å². The second-order valence-corrected chi connectivity index (χ2v) is 5.18. The van der Waals surface area contributed by atoms with Crippen molar-refractivity contribution in [3.05, 3.63) is 29.8 Å². The Morgan fingerprint density at radius 2 is 2.11 bits per heavy atom. The third-order valence-corrected chi connectivity index (χ3v) is 2.20. The summed E-state index contributed by atoms with van der Waals surface area (Å²) < 4.78 is 10.5. The van der Waals surface area contributed by atoms with Crippen molar-refractivity contribution in [2.24, 2.45) is 0 Å². The van der Waals surface area contributed by atoms with Crippen molar-refractivity contribution in [2.75, 3.05) is 6.61 Å². The van der Waals surface area contributed by atoms with Gasteiger partial charge in [0.1, 0.15) is 11.4 Å². The fourth-order valence-electron chi connectivity index (χ4n) is 1.50. The first-order valence-electron chi connectivity index (χ1n) is 6.21. The minimum atomic E-state index is -0.505. The Labute approximate surface area is 113 Å². The van der Waals surface area contributed by atoms with Gasteiger partial charge >= 0.3 is 5.97 Å². The number of nitriles is 1. The highest BCUT2D eigenvalue weighted by atomic mass is 16.6. The number of carbonyl (C=O) groups excluding carboxylic acids is 1. The first-order valence-corrected chi connectivity index (χ1v) is 6.21. The molecule has 0 bridgehead atoms. The minimum Gasteiger partial charge on any atom is -0.482 e. The Hall–Kier alpha value is -2.02. The van der Waals surface area contributed by atoms with E-state index in [2.05, 4.69) is 6.07 Å². The van der Waals surface area contributed by atoms with Crippen LogP contribution in [0.4, 0.5) is 0 Å². The van der Waals surface area contributed by atoms with Gasteiger partial charge in [-0.25, -0.2) is 4.79 Å². The number of rotatable bonds is 5. The number of carbonyl (C=O) groups is 1. The third-order valence-electron chi connectivity index (χ3n) is 2.20. The van der Waals surface area contributed by atoms with Crippen LogP contribution in [-0.4, -0.2) is 18.2 Å². The molecule has 0 aliphatic rings. The summed E-state index contributed by atoms with van der Waals surface area (Å²) in [4.78, 5) is 11.5. The van der Waals surface area contributed by atoms with E-state index in [-0.39, 0.29) is 6.61 Å². The predicted octanol–water partition coefficient (Wildman–Crippen LogP) is 2.86. The summed E-state index contributed by atoms with van der Waals surface area (Å²) >= 11 is 0. The molecule has 0 spiro atoms. The zero-order valence-corrected chi connectivity index (χ0v) is 11.6. The largest absolute Gasteiger partial charge is 0.482 e. The van der Waals surface area contributed by atoms with Gasteiger partial charge in [0.15, 0.2) is 6.61 Å². The molecule has 0 saturated heterocycles. The number of esters is 1. The smallest absolute Gasteiger partial charge is 0.344 e. The highest BCUT2D eigenvalue weighted by Crippen LogP contribution is 2.15. The molecule has 4 nitrogen and oxygen atoms in total. The second-order valence-electron chi connectivity index (χ2n) is 5.18. The van der Waals surface area contributed by atoms with Crippen LogP contribution in [-0.2, 0) is 16.0 Å². The second kappa shape index (κ2) is 6.79. The first-order chi connectivity index (χ1) is 8.90. The molecule has 1 aromatic carbocycles. The Morgan fingerprint density at radius 3 is 2.74 bits per heavy atom. The van der Waals surface area contributed by atoms with E-state index >= 15 is 0 Å². The van der Waals surface area contributed by atoms with E-state index in [9.17, 15) is 4.79 Å². The summed E-state index contributed by atoms with van der Waals surface area (Å²) in [5.74, 6) is 0.219. The van der Waals surface area contributed by atoms with E-state index in [0.717, 1.165) is 5.56 Å². The minimum absolute atomic E-state index is 0.112. The highest BCUT2D eigenvalue weighted by Gasteiger charge is 2.16. The highest BCUT2D eigenvalue weighted by molar-refractivity contribution is 5.71. The van der Waals surface area contributed by atoms with Crippen LogP contribution < -0.4 is 4.74 Å². The van der Waals surface area contributed by atoms with Crippen LogP contribution in [0.1, 0.15) is 32.8 Å². The number of nitrogens with zero attached hydrogens (tertiary/aromatic N) is 1. The van der Waals surface area contributed by atoms with Crippen molar-refractivity contribution in [1.29, 1.82) is 5.26 Å². The predicted molar refractivity (Wildman–Crippen MR) is 71.7 cm³/mol. The molecule has 0 unspecified atom stereocenters. The number of ether oxygens (including phenoxy) is 2. The average Bonchev–Trinajstić information content (AvgIpc) is 2.32. The summed E-state index contributed by atoms with van der Waals surface area (Å²) in [6.07, 6.45) is 1.15. The lowest BCUT2D eigenvalue weighted by Crippen LogP contribution is -2.27. The van der Waals surface area contributed by atoms with Gasteiger partial charge in [-0.3, -0.25) is 0 Å². The number of hydrogen-bond donors (Lipinski definition) is 0. The van der Waals surface area contributed by atoms with Crippen molar-refractivity contribution in [2.45, 2.75) is 39.2 Å². The summed E-state index contributed by atoms with van der Waals surface area (Å²) in [5, 5.41) is 8.54. The van der Waals surface area contributed by atoms with Crippen molar-refractivity contribution in [3.63, 3.8) is 0 Å². The molecule has 0 radical (unpaired) electrons. The molecule has 0 amide bonds. The van der Waals surface area contributed by atoms with Crippen LogP contribution in [0, 0.1) is 11.3 Å². The van der Waals surface area contributed by atoms with E-state index < -0.39 is 11.6 Å². The number of benzene rings is 1. The molecular weight excluding hydrogens is 242 g/mol. The molecule has 0 aromatic heterocycles. The SMILES string of the molecule is CC(C)(C)OC(=O)COc1cccc(CCC#N)c1. The van der Waals surface area contributed by atoms with Gasteiger partial charge in [0.2, 0.25) is 0 Å². The van der Waals surface area contributed by atoms with Crippen molar-refractivity contribution >= 4 is 5.97 Å². The van der Waals surface area contributed by atoms with Gasteiger partial charge < -0.3 is 9.47 Å². The molecule has 0 aliphatic heterocycles. The lowest BCUT2D eigenvalue weighted by Gasteiger charge is -2.19. The Bertz CT molecular complexity index is 469. The van der Waals surface area contributed by atoms with Gasteiger partial charge in [0.25, 0.3) is 0 Å². The van der Waals surface area contributed by atoms with E-state index in [0.29, 0.717) is 18.6 Å². The van der Waals surface area contributed by atoms with Crippen LogP contribution >= 0.6 is 0 Å². The van der Waals surface area contributed by atoms with Gasteiger partial charge in [-0.15, -0.1) is 0 Å². The quantitative estimate of drug-likeness (QED) is 0.765. The Kier molecular flexibility index (Phi) is 5.37. The monoisotopic (exact) mass is 261 g/mol. The molecule has 102 valence electrons. The lowest BCUT2D eigenvalue weighted by atomic mass is 10.1. The molecule has 1 rings (SSSR count). The summed E-state index contributed by atoms with van der Waals surface area (Å²) in [6.45, 7) is 5.33. The lowest BCUT2D eigenvalue weighted by molar-refractivity contribution is -0.157. The zero-order chi connectivity index (χ0) is 14.3. The molecular formula is C15H19NO3. The first kappa shape index (κ1) is 15.0. The van der Waals surface area contributed by atoms with Crippen LogP contribution in [0.15, 0.2) is 24.3 Å². The van der Waals surface area contributed by atoms with Crippen molar-refractivity contribution < 1.29 is 14.3 Å². The van der Waals surface area contributed by atoms with Gasteiger partial charge in [-0.05, 0) is 44.9 Å². The van der Waals surface area contributed by atoms with Crippen molar-refractivity contribution in [1.82, 2.24) is 0 Å². The standard InChI is InChI=1S/C15H19NO3/c1-15(2,3)19-14(17)11-18-13-8-4-6-12(10-13)7-5-9-16/h4,6,8,10H,5,7,11H2,1-3H3. The summed E-state index contributed by atoms with van der Waals surface area (Å²) in [7, 11) is 0. The van der Waals surface area contributed by atoms with E-state index in [1.807, 2.05) is 39.0 Å². The van der Waals surface area contributed by atoms with Crippen LogP contribution in [0.25, 0.3) is 0 Å². The normalized spacial score (nSPS) is 10.6. The molecule has 0 atom stereocenters. The van der Waals surface area contributed by atoms with Gasteiger partial charge in [-0.2, -0.15) is 5.26 Å². The van der Waals surface area contributed by atoms with Gasteiger partial charge in [0.05, 0.1) is 6.07 Å². The fraction of sp³-hybridized carbons (Fsp3) is 0.467. The maximum Gasteiger partial charge on any atom is 0.344 e. The van der Waals surface area contributed by atoms with Gasteiger partial charge in [0, 0.05) is 6.42 Å². The zero-order valence-electron chi connectivity index (χ0n) is 11.6. The van der Waals surface area contributed by atoms with Crippen LogP contribution in [0.5, 0.6) is 5.75 Å². The molecule has 4 heteroatoms. The molecule has 0 N–H and O–H groups in total. The Balaban J connectivity index is 2.49. The van der Waals surface area contributed by atoms with E-state index in [1.54, 1.807) is 6.07 Å². The number of hydrogen-bond acceptors (Lipinski definition) is 4. The fourth-order valence-corrected chi connectivity index (χ4v) is 1.50. The molecule has 1 aromatic rings. The summed E-state index contributed by atoms with van der Waals surface area (Å²) in [6, 6.07) is 9.48. The third kappa shape index (κ3) is 6.46. The van der Waals surface area contributed by atoms with E-state index in [4.69, 9.17) is 14.7 Å². The molecule has 0 fully saturated rings. The molecule has 19 heavy (non-hydrogen) atoms. The van der Waals surface area contributed by atoms with Crippen LogP contribution in [0.2, 0.25) is 0 Å². The van der Waals surface area contributed by atoms with Crippen LogP contribution in [0.3, 0.4) is 0 Å².